The first kappa shape index (κ1) is 16.5. The molecule has 2 heterocycles. The summed E-state index contributed by atoms with van der Waals surface area (Å²) in [6.07, 6.45) is 2.65. The molecule has 0 aromatic carbocycles. The Balaban J connectivity index is 1.81. The van der Waals surface area contributed by atoms with E-state index in [4.69, 9.17) is 4.74 Å². The zero-order valence-electron chi connectivity index (χ0n) is 13.6. The highest BCUT2D eigenvalue weighted by atomic mass is 16.5. The molecule has 0 radical (unpaired) electrons. The van der Waals surface area contributed by atoms with E-state index in [1.54, 1.807) is 19.4 Å². The van der Waals surface area contributed by atoms with Crippen LogP contribution in [-0.2, 0) is 4.79 Å². The number of carbonyl (C=O) groups is 1. The van der Waals surface area contributed by atoms with Crippen molar-refractivity contribution in [3.8, 4) is 5.88 Å². The van der Waals surface area contributed by atoms with Gasteiger partial charge in [0.15, 0.2) is 0 Å². The fraction of sp³-hybridized carbons (Fsp3) is 0.667. The molecule has 7 nitrogen and oxygen atoms in total. The van der Waals surface area contributed by atoms with Gasteiger partial charge in [-0.1, -0.05) is 6.92 Å². The van der Waals surface area contributed by atoms with Crippen LogP contribution in [0.1, 0.15) is 20.3 Å². The molecule has 1 aromatic heterocycles. The number of amides is 1. The molecule has 0 unspecified atom stereocenters. The highest BCUT2D eigenvalue weighted by molar-refractivity contribution is 5.78. The highest BCUT2D eigenvalue weighted by Gasteiger charge is 2.21. The van der Waals surface area contributed by atoms with Gasteiger partial charge in [-0.2, -0.15) is 4.98 Å². The first-order valence-corrected chi connectivity index (χ1v) is 7.76. The molecule has 1 fully saturated rings. The van der Waals surface area contributed by atoms with Crippen molar-refractivity contribution in [2.75, 3.05) is 44.7 Å². The molecule has 1 amide bonds. The lowest BCUT2D eigenvalue weighted by molar-refractivity contribution is -0.122. The molecule has 1 aromatic rings. The summed E-state index contributed by atoms with van der Waals surface area (Å²) >= 11 is 0. The van der Waals surface area contributed by atoms with Gasteiger partial charge in [-0.05, 0) is 13.3 Å². The van der Waals surface area contributed by atoms with Gasteiger partial charge in [-0.25, -0.2) is 4.98 Å². The topological polar surface area (TPSA) is 70.6 Å². The van der Waals surface area contributed by atoms with Crippen LogP contribution in [-0.4, -0.2) is 66.7 Å². The molecule has 1 atom stereocenters. The number of hydrogen-bond donors (Lipinski definition) is 1. The highest BCUT2D eigenvalue weighted by Crippen LogP contribution is 2.14. The molecule has 0 saturated carbocycles. The second-order valence-corrected chi connectivity index (χ2v) is 5.54. The lowest BCUT2D eigenvalue weighted by Crippen LogP contribution is -2.50. The maximum atomic E-state index is 11.9. The third-order valence-corrected chi connectivity index (χ3v) is 3.87. The number of rotatable bonds is 6. The van der Waals surface area contributed by atoms with Gasteiger partial charge in [0, 0.05) is 44.5 Å². The van der Waals surface area contributed by atoms with Crippen molar-refractivity contribution in [1.29, 1.82) is 0 Å². The maximum absolute atomic E-state index is 11.9. The molecule has 0 spiro atoms. The SMILES string of the molecule is CC[C@@H](C)NC(=O)CN1CCN(c2nccc(OC)n2)CC1. The summed E-state index contributed by atoms with van der Waals surface area (Å²) in [7, 11) is 1.60. The van der Waals surface area contributed by atoms with E-state index in [0.29, 0.717) is 18.4 Å². The third-order valence-electron chi connectivity index (χ3n) is 3.87. The number of piperazine rings is 1. The van der Waals surface area contributed by atoms with E-state index in [2.05, 4.69) is 32.0 Å². The smallest absolute Gasteiger partial charge is 0.234 e. The number of aromatic nitrogens is 2. The molecule has 0 aliphatic carbocycles. The van der Waals surface area contributed by atoms with Gasteiger partial charge in [0.2, 0.25) is 17.7 Å². The first-order chi connectivity index (χ1) is 10.6. The Morgan fingerprint density at radius 1 is 1.41 bits per heavy atom. The van der Waals surface area contributed by atoms with E-state index in [1.165, 1.54) is 0 Å². The molecule has 1 aliphatic heterocycles. The van der Waals surface area contributed by atoms with E-state index in [0.717, 1.165) is 32.6 Å². The van der Waals surface area contributed by atoms with E-state index < -0.39 is 0 Å². The normalized spacial score (nSPS) is 17.1. The van der Waals surface area contributed by atoms with Gasteiger partial charge in [0.25, 0.3) is 0 Å². The fourth-order valence-electron chi connectivity index (χ4n) is 2.33. The second kappa shape index (κ2) is 7.93. The third kappa shape index (κ3) is 4.56. The van der Waals surface area contributed by atoms with Crippen LogP contribution in [0.25, 0.3) is 0 Å². The molecular formula is C15H25N5O2. The van der Waals surface area contributed by atoms with Gasteiger partial charge in [0.1, 0.15) is 0 Å². The first-order valence-electron chi connectivity index (χ1n) is 7.76. The predicted octanol–water partition coefficient (Wildman–Crippen LogP) is 0.522. The van der Waals surface area contributed by atoms with Crippen LogP contribution in [0.5, 0.6) is 5.88 Å². The van der Waals surface area contributed by atoms with Gasteiger partial charge >= 0.3 is 0 Å². The number of anilines is 1. The quantitative estimate of drug-likeness (QED) is 0.826. The molecule has 0 bridgehead atoms. The molecular weight excluding hydrogens is 282 g/mol. The number of nitrogens with one attached hydrogen (secondary N) is 1. The largest absolute Gasteiger partial charge is 0.481 e. The van der Waals surface area contributed by atoms with Crippen LogP contribution in [0.3, 0.4) is 0 Å². The Hall–Kier alpha value is -1.89. The van der Waals surface area contributed by atoms with Crippen LogP contribution in [0, 0.1) is 0 Å². The minimum absolute atomic E-state index is 0.0976. The van der Waals surface area contributed by atoms with Gasteiger partial charge in [-0.15, -0.1) is 0 Å². The van der Waals surface area contributed by atoms with Gasteiger partial charge in [-0.3, -0.25) is 9.69 Å². The minimum atomic E-state index is 0.0976. The summed E-state index contributed by atoms with van der Waals surface area (Å²) in [5.41, 5.74) is 0. The van der Waals surface area contributed by atoms with Crippen molar-refractivity contribution in [2.45, 2.75) is 26.3 Å². The summed E-state index contributed by atoms with van der Waals surface area (Å²) in [5, 5.41) is 3.00. The molecule has 1 saturated heterocycles. The predicted molar refractivity (Wildman–Crippen MR) is 85.1 cm³/mol. The van der Waals surface area contributed by atoms with E-state index >= 15 is 0 Å². The molecule has 122 valence electrons. The average Bonchev–Trinajstić information content (AvgIpc) is 2.55. The molecule has 22 heavy (non-hydrogen) atoms. The van der Waals surface area contributed by atoms with Crippen LogP contribution in [0.4, 0.5) is 5.95 Å². The van der Waals surface area contributed by atoms with E-state index in [1.807, 2.05) is 6.92 Å². The second-order valence-electron chi connectivity index (χ2n) is 5.54. The number of ether oxygens (including phenoxy) is 1. The average molecular weight is 307 g/mol. The number of nitrogens with zero attached hydrogens (tertiary/aromatic N) is 4. The standard InChI is InChI=1S/C15H25N5O2/c1-4-12(2)17-13(21)11-19-7-9-20(10-8-19)15-16-6-5-14(18-15)22-3/h5-6,12H,4,7-11H2,1-3H3,(H,17,21)/t12-/m1/s1. The van der Waals surface area contributed by atoms with Crippen LogP contribution in [0.2, 0.25) is 0 Å². The van der Waals surface area contributed by atoms with E-state index in [9.17, 15) is 4.79 Å². The molecule has 2 rings (SSSR count). The number of methoxy groups -OCH3 is 1. The van der Waals surface area contributed by atoms with Crippen molar-refractivity contribution in [1.82, 2.24) is 20.2 Å². The Morgan fingerprint density at radius 3 is 2.77 bits per heavy atom. The van der Waals surface area contributed by atoms with Crippen LogP contribution >= 0.6 is 0 Å². The molecule has 1 aliphatic rings. The summed E-state index contributed by atoms with van der Waals surface area (Å²) in [4.78, 5) is 24.8. The monoisotopic (exact) mass is 307 g/mol. The van der Waals surface area contributed by atoms with Crippen LogP contribution < -0.4 is 15.0 Å². The minimum Gasteiger partial charge on any atom is -0.481 e. The maximum Gasteiger partial charge on any atom is 0.234 e. The van der Waals surface area contributed by atoms with Crippen molar-refractivity contribution >= 4 is 11.9 Å². The summed E-state index contributed by atoms with van der Waals surface area (Å²) in [6.45, 7) is 7.82. The molecule has 7 heteroatoms. The summed E-state index contributed by atoms with van der Waals surface area (Å²) in [6, 6.07) is 1.97. The number of hydrogen-bond acceptors (Lipinski definition) is 6. The zero-order valence-corrected chi connectivity index (χ0v) is 13.6. The van der Waals surface area contributed by atoms with Crippen molar-refractivity contribution in [3.63, 3.8) is 0 Å². The Morgan fingerprint density at radius 2 is 2.14 bits per heavy atom. The van der Waals surface area contributed by atoms with Crippen LogP contribution in [0.15, 0.2) is 12.3 Å². The van der Waals surface area contributed by atoms with Crippen molar-refractivity contribution in [3.05, 3.63) is 12.3 Å². The van der Waals surface area contributed by atoms with Gasteiger partial charge < -0.3 is 15.0 Å². The Bertz CT molecular complexity index is 489. The summed E-state index contributed by atoms with van der Waals surface area (Å²) < 4.78 is 5.13. The Kier molecular flexibility index (Phi) is 5.94. The molecule has 1 N–H and O–H groups in total. The van der Waals surface area contributed by atoms with Crippen molar-refractivity contribution in [2.24, 2.45) is 0 Å². The van der Waals surface area contributed by atoms with Gasteiger partial charge in [0.05, 0.1) is 13.7 Å². The van der Waals surface area contributed by atoms with E-state index in [-0.39, 0.29) is 11.9 Å². The summed E-state index contributed by atoms with van der Waals surface area (Å²) in [5.74, 6) is 1.35. The fourth-order valence-corrected chi connectivity index (χ4v) is 2.33. The zero-order chi connectivity index (χ0) is 15.9. The number of carbonyl (C=O) groups excluding carboxylic acids is 1. The van der Waals surface area contributed by atoms with Crippen molar-refractivity contribution < 1.29 is 9.53 Å². The lowest BCUT2D eigenvalue weighted by atomic mass is 10.2. The lowest BCUT2D eigenvalue weighted by Gasteiger charge is -2.34. The Labute approximate surface area is 131 Å².